The summed E-state index contributed by atoms with van der Waals surface area (Å²) in [6, 6.07) is 6.34. The maximum Gasteiger partial charge on any atom is 0.416 e. The number of benzene rings is 1. The maximum absolute atomic E-state index is 13.8. The molecule has 1 aromatic carbocycles. The molecule has 0 bridgehead atoms. The molecule has 3 aromatic heterocycles. The number of aliphatic hydroxyl groups excluding tert-OH is 1. The number of aromatic nitrogens is 7. The van der Waals surface area contributed by atoms with Crippen molar-refractivity contribution in [3.05, 3.63) is 75.4 Å². The third-order valence-corrected chi connectivity index (χ3v) is 9.78. The normalized spacial score (nSPS) is 20.1. The lowest BCUT2D eigenvalue weighted by molar-refractivity contribution is -0.207. The summed E-state index contributed by atoms with van der Waals surface area (Å²) in [7, 11) is -2.88. The lowest BCUT2D eigenvalue weighted by atomic mass is 10.2. The largest absolute Gasteiger partial charge is 0.416 e. The zero-order chi connectivity index (χ0) is 35.2. The zero-order valence-corrected chi connectivity index (χ0v) is 26.7. The van der Waals surface area contributed by atoms with Gasteiger partial charge in [0, 0.05) is 36.3 Å². The number of carbonyl (C=O) groups excluding carboxylic acids is 2. The fraction of sp³-hybridized carbons (Fsp3) is 0.393. The van der Waals surface area contributed by atoms with Crippen LogP contribution in [-0.2, 0) is 13.1 Å². The average Bonchev–Trinajstić information content (AvgIpc) is 3.44. The van der Waals surface area contributed by atoms with Gasteiger partial charge in [0.1, 0.15) is 12.7 Å². The molecule has 2 fully saturated rings. The van der Waals surface area contributed by atoms with E-state index in [1.165, 1.54) is 47.6 Å². The molecular formula is C28H28ClF4N9O6S. The summed E-state index contributed by atoms with van der Waals surface area (Å²) in [5.41, 5.74) is -0.935. The number of rotatable bonds is 9. The van der Waals surface area contributed by atoms with Crippen LogP contribution in [0, 0.1) is 0 Å². The third-order valence-electron chi connectivity index (χ3n) is 7.86. The molecule has 2 amide bonds. The van der Waals surface area contributed by atoms with Crippen LogP contribution in [0.1, 0.15) is 33.2 Å². The fourth-order valence-electron chi connectivity index (χ4n) is 5.04. The molecular weight excluding hydrogens is 702 g/mol. The van der Waals surface area contributed by atoms with E-state index in [1.54, 1.807) is 0 Å². The van der Waals surface area contributed by atoms with Crippen LogP contribution in [0.4, 0.5) is 17.6 Å². The van der Waals surface area contributed by atoms with Gasteiger partial charge in [0.2, 0.25) is 5.82 Å². The summed E-state index contributed by atoms with van der Waals surface area (Å²) in [5.74, 6) is -2.39. The van der Waals surface area contributed by atoms with Crippen molar-refractivity contribution in [3.63, 3.8) is 0 Å². The van der Waals surface area contributed by atoms with Gasteiger partial charge in [-0.3, -0.25) is 28.2 Å². The number of hydrogen-bond acceptors (Lipinski definition) is 10. The molecule has 3 atom stereocenters. The lowest BCUT2D eigenvalue weighted by Gasteiger charge is -2.40. The molecule has 4 heterocycles. The monoisotopic (exact) mass is 729 g/mol. The molecule has 2 aliphatic rings. The number of aliphatic hydroxyl groups is 1. The Morgan fingerprint density at radius 2 is 1.78 bits per heavy atom. The quantitative estimate of drug-likeness (QED) is 0.186. The summed E-state index contributed by atoms with van der Waals surface area (Å²) in [6.07, 6.45) is -6.51. The van der Waals surface area contributed by atoms with Crippen molar-refractivity contribution in [1.82, 2.24) is 44.3 Å². The molecule has 21 heteroatoms. The zero-order valence-electron chi connectivity index (χ0n) is 25.2. The van der Waals surface area contributed by atoms with Crippen LogP contribution in [0.25, 0.3) is 17.1 Å². The van der Waals surface area contributed by atoms with Crippen molar-refractivity contribution < 1.29 is 41.4 Å². The molecule has 0 spiro atoms. The Bertz CT molecular complexity index is 1940. The van der Waals surface area contributed by atoms with Gasteiger partial charge in [-0.25, -0.2) is 23.5 Å². The standard InChI is InChI=1S/C28H28ClF4N9O6S/c29-16-3-1-15(2-4-16)23-38-41(27(46)40(23)13-21(43)28(31,32)33)14-22-36-24(26(45)39-7-9-49(47,48)10-8-39)42(37-22)20-12-34-6-5-17(20)25(44)35-19-11-18(19)30/h1-6,12,18-19,21,43,47-48H,7-11,13-14H2,(H,35,44)/t18?,19?,21-/m0/s1. The third kappa shape index (κ3) is 7.47. The van der Waals surface area contributed by atoms with E-state index in [2.05, 4.69) is 25.5 Å². The first-order valence-electron chi connectivity index (χ1n) is 14.7. The van der Waals surface area contributed by atoms with Gasteiger partial charge in [0.15, 0.2) is 17.8 Å². The molecule has 4 N–H and O–H groups in total. The summed E-state index contributed by atoms with van der Waals surface area (Å²) in [6.45, 7) is -1.84. The first-order valence-corrected chi connectivity index (χ1v) is 16.9. The maximum atomic E-state index is 13.8. The Kier molecular flexibility index (Phi) is 9.26. The van der Waals surface area contributed by atoms with Gasteiger partial charge in [0.25, 0.3) is 11.8 Å². The fourth-order valence-corrected chi connectivity index (χ4v) is 6.39. The number of alkyl halides is 4. The molecule has 1 saturated heterocycles. The number of carbonyl (C=O) groups is 2. The smallest absolute Gasteiger partial charge is 0.382 e. The van der Waals surface area contributed by atoms with Gasteiger partial charge in [0.05, 0.1) is 41.5 Å². The summed E-state index contributed by atoms with van der Waals surface area (Å²) in [4.78, 5) is 50.0. The molecule has 0 radical (unpaired) electrons. The minimum Gasteiger partial charge on any atom is -0.382 e. The van der Waals surface area contributed by atoms with E-state index in [0.717, 1.165) is 9.36 Å². The van der Waals surface area contributed by atoms with Gasteiger partial charge in [-0.2, -0.15) is 23.8 Å². The van der Waals surface area contributed by atoms with Crippen molar-refractivity contribution >= 4 is 34.0 Å². The number of hydrogen-bond donors (Lipinski definition) is 4. The van der Waals surface area contributed by atoms with Crippen LogP contribution in [-0.4, -0.2) is 114 Å². The van der Waals surface area contributed by atoms with Crippen molar-refractivity contribution in [2.75, 3.05) is 24.6 Å². The number of amides is 2. The molecule has 6 rings (SSSR count). The van der Waals surface area contributed by atoms with E-state index in [-0.39, 0.29) is 65.3 Å². The molecule has 4 aromatic rings. The number of nitrogens with one attached hydrogen (secondary N) is 1. The lowest BCUT2D eigenvalue weighted by Crippen LogP contribution is -2.43. The minimum atomic E-state index is -5.05. The van der Waals surface area contributed by atoms with Gasteiger partial charge in [-0.05, 0) is 30.3 Å². The molecule has 1 aliphatic carbocycles. The Morgan fingerprint density at radius 3 is 2.41 bits per heavy atom. The topological polar surface area (TPSA) is 194 Å². The SMILES string of the molecule is O=C(NC1CC1F)c1ccncc1-n1nc(Cn2nc(-c3ccc(Cl)cc3)n(C[C@H](O)C(F)(F)F)c2=O)nc1C(=O)N1CCS(O)(O)CC1. The highest BCUT2D eigenvalue weighted by Gasteiger charge is 2.40. The van der Waals surface area contributed by atoms with E-state index in [9.17, 15) is 46.2 Å². The predicted octanol–water partition coefficient (Wildman–Crippen LogP) is 2.36. The van der Waals surface area contributed by atoms with Crippen LogP contribution in [0.15, 0.2) is 47.5 Å². The first kappa shape index (κ1) is 34.5. The Hall–Kier alpha value is -4.37. The van der Waals surface area contributed by atoms with E-state index in [0.29, 0.717) is 9.59 Å². The summed E-state index contributed by atoms with van der Waals surface area (Å²) < 4.78 is 76.0. The van der Waals surface area contributed by atoms with Crippen LogP contribution >= 0.6 is 22.2 Å². The van der Waals surface area contributed by atoms with Crippen LogP contribution < -0.4 is 11.0 Å². The van der Waals surface area contributed by atoms with Crippen molar-refractivity contribution in [1.29, 1.82) is 0 Å². The number of pyridine rings is 1. The molecule has 2 unspecified atom stereocenters. The van der Waals surface area contributed by atoms with Gasteiger partial charge in [-0.1, -0.05) is 11.6 Å². The molecule has 15 nitrogen and oxygen atoms in total. The Balaban J connectivity index is 1.41. The second-order valence-electron chi connectivity index (χ2n) is 11.4. The molecule has 49 heavy (non-hydrogen) atoms. The van der Waals surface area contributed by atoms with Crippen LogP contribution in [0.5, 0.6) is 0 Å². The Labute approximate surface area is 280 Å². The van der Waals surface area contributed by atoms with Gasteiger partial charge >= 0.3 is 11.9 Å². The highest BCUT2D eigenvalue weighted by atomic mass is 35.5. The van der Waals surface area contributed by atoms with Gasteiger partial charge in [-0.15, -0.1) is 10.2 Å². The van der Waals surface area contributed by atoms with Gasteiger partial charge < -0.3 is 15.3 Å². The van der Waals surface area contributed by atoms with E-state index in [4.69, 9.17) is 11.6 Å². The predicted molar refractivity (Wildman–Crippen MR) is 167 cm³/mol. The minimum absolute atomic E-state index is 0.0347. The van der Waals surface area contributed by atoms with E-state index < -0.39 is 65.7 Å². The number of halogens is 5. The number of nitrogens with zero attached hydrogens (tertiary/aromatic N) is 8. The van der Waals surface area contributed by atoms with Crippen molar-refractivity contribution in [3.8, 4) is 17.1 Å². The van der Waals surface area contributed by atoms with E-state index >= 15 is 0 Å². The van der Waals surface area contributed by atoms with Crippen LogP contribution in [0.3, 0.4) is 0 Å². The van der Waals surface area contributed by atoms with Crippen molar-refractivity contribution in [2.45, 2.75) is 44.0 Å². The molecule has 262 valence electrons. The first-order chi connectivity index (χ1) is 23.1. The second kappa shape index (κ2) is 13.2. The average molecular weight is 730 g/mol. The van der Waals surface area contributed by atoms with E-state index in [1.807, 2.05) is 0 Å². The van der Waals surface area contributed by atoms with Crippen LogP contribution in [0.2, 0.25) is 5.02 Å². The molecule has 1 aliphatic heterocycles. The highest BCUT2D eigenvalue weighted by molar-refractivity contribution is 8.24. The van der Waals surface area contributed by atoms with Crippen molar-refractivity contribution in [2.24, 2.45) is 0 Å². The summed E-state index contributed by atoms with van der Waals surface area (Å²) >= 11 is 5.95. The Morgan fingerprint density at radius 1 is 1.10 bits per heavy atom. The molecule has 1 saturated carbocycles. The highest BCUT2D eigenvalue weighted by Crippen LogP contribution is 2.40. The summed E-state index contributed by atoms with van der Waals surface area (Å²) in [5, 5.41) is 21.2. The second-order valence-corrected chi connectivity index (χ2v) is 14.3.